The van der Waals surface area contributed by atoms with Crippen molar-refractivity contribution in [3.05, 3.63) is 34.9 Å². The van der Waals surface area contributed by atoms with Crippen LogP contribution in [-0.2, 0) is 0 Å². The molecule has 1 aromatic rings. The summed E-state index contributed by atoms with van der Waals surface area (Å²) in [6.45, 7) is 2.28. The molecule has 0 aliphatic rings. The van der Waals surface area contributed by atoms with E-state index in [1.165, 1.54) is 0 Å². The number of rotatable bonds is 3. The molecule has 0 saturated heterocycles. The highest BCUT2D eigenvalue weighted by atomic mass is 35.5. The minimum atomic E-state index is -0.125. The maximum absolute atomic E-state index is 11.5. The Hall–Kier alpha value is -1.06. The molecule has 14 heavy (non-hydrogen) atoms. The quantitative estimate of drug-likeness (QED) is 0.796. The number of hydrogen-bond acceptors (Lipinski definition) is 2. The molecule has 1 amide bonds. The summed E-state index contributed by atoms with van der Waals surface area (Å²) in [7, 11) is 0. The van der Waals surface area contributed by atoms with Crippen molar-refractivity contribution in [1.29, 1.82) is 0 Å². The molecule has 0 radical (unpaired) electrons. The van der Waals surface area contributed by atoms with Gasteiger partial charge < -0.3 is 11.1 Å². The summed E-state index contributed by atoms with van der Waals surface area (Å²) in [6.07, 6.45) is 0. The fourth-order valence-corrected chi connectivity index (χ4v) is 1.09. The molecule has 1 atom stereocenters. The van der Waals surface area contributed by atoms with Crippen molar-refractivity contribution in [2.75, 3.05) is 6.54 Å². The predicted octanol–water partition coefficient (Wildman–Crippen LogP) is 1.42. The Bertz CT molecular complexity index is 310. The minimum Gasteiger partial charge on any atom is -0.348 e. The van der Waals surface area contributed by atoms with Gasteiger partial charge in [-0.2, -0.15) is 0 Å². The average Bonchev–Trinajstić information content (AvgIpc) is 2.18. The summed E-state index contributed by atoms with van der Waals surface area (Å²) in [5.41, 5.74) is 5.98. The van der Waals surface area contributed by atoms with Crippen LogP contribution in [0.2, 0.25) is 5.02 Å². The SMILES string of the molecule is CC(CN)NC(=O)c1ccc(Cl)cc1. The number of halogens is 1. The maximum Gasteiger partial charge on any atom is 0.251 e. The van der Waals surface area contributed by atoms with Gasteiger partial charge in [-0.25, -0.2) is 0 Å². The monoisotopic (exact) mass is 212 g/mol. The molecular formula is C10H13ClN2O. The summed E-state index contributed by atoms with van der Waals surface area (Å²) in [6, 6.07) is 6.72. The van der Waals surface area contributed by atoms with Crippen LogP contribution in [-0.4, -0.2) is 18.5 Å². The van der Waals surface area contributed by atoms with Gasteiger partial charge in [0.15, 0.2) is 0 Å². The van der Waals surface area contributed by atoms with Gasteiger partial charge in [-0.05, 0) is 31.2 Å². The van der Waals surface area contributed by atoms with Crippen LogP contribution in [0.4, 0.5) is 0 Å². The van der Waals surface area contributed by atoms with E-state index < -0.39 is 0 Å². The second-order valence-corrected chi connectivity index (χ2v) is 3.55. The highest BCUT2D eigenvalue weighted by Crippen LogP contribution is 2.09. The topological polar surface area (TPSA) is 55.1 Å². The summed E-state index contributed by atoms with van der Waals surface area (Å²) >= 11 is 5.70. The van der Waals surface area contributed by atoms with Crippen molar-refractivity contribution in [3.8, 4) is 0 Å². The van der Waals surface area contributed by atoms with Crippen molar-refractivity contribution in [3.63, 3.8) is 0 Å². The number of hydrogen-bond donors (Lipinski definition) is 2. The van der Waals surface area contributed by atoms with Gasteiger partial charge in [-0.15, -0.1) is 0 Å². The van der Waals surface area contributed by atoms with Crippen LogP contribution in [0.1, 0.15) is 17.3 Å². The maximum atomic E-state index is 11.5. The number of amides is 1. The van der Waals surface area contributed by atoms with Crippen LogP contribution in [0.15, 0.2) is 24.3 Å². The van der Waals surface area contributed by atoms with Crippen LogP contribution in [0.5, 0.6) is 0 Å². The van der Waals surface area contributed by atoms with E-state index >= 15 is 0 Å². The Morgan fingerprint density at radius 2 is 2.07 bits per heavy atom. The number of nitrogens with one attached hydrogen (secondary N) is 1. The first-order chi connectivity index (χ1) is 6.63. The molecule has 76 valence electrons. The van der Waals surface area contributed by atoms with E-state index in [1.807, 2.05) is 6.92 Å². The third kappa shape index (κ3) is 3.01. The molecule has 0 aliphatic heterocycles. The molecule has 3 N–H and O–H groups in total. The molecule has 0 fully saturated rings. The Labute approximate surface area is 88.2 Å². The van der Waals surface area contributed by atoms with Crippen LogP contribution in [0.3, 0.4) is 0 Å². The summed E-state index contributed by atoms with van der Waals surface area (Å²) in [4.78, 5) is 11.5. The van der Waals surface area contributed by atoms with Gasteiger partial charge in [0.25, 0.3) is 5.91 Å². The Kier molecular flexibility index (Phi) is 3.92. The van der Waals surface area contributed by atoms with Gasteiger partial charge in [0.05, 0.1) is 0 Å². The zero-order valence-electron chi connectivity index (χ0n) is 7.96. The van der Waals surface area contributed by atoms with Gasteiger partial charge in [0, 0.05) is 23.2 Å². The Morgan fingerprint density at radius 1 is 1.50 bits per heavy atom. The highest BCUT2D eigenvalue weighted by Gasteiger charge is 2.07. The summed E-state index contributed by atoms with van der Waals surface area (Å²) in [5, 5.41) is 3.38. The van der Waals surface area contributed by atoms with E-state index in [2.05, 4.69) is 5.32 Å². The molecule has 1 unspecified atom stereocenters. The standard InChI is InChI=1S/C10H13ClN2O/c1-7(6-12)13-10(14)8-2-4-9(11)5-3-8/h2-5,7H,6,12H2,1H3,(H,13,14). The number of benzene rings is 1. The second kappa shape index (κ2) is 4.98. The van der Waals surface area contributed by atoms with Crippen molar-refractivity contribution in [2.45, 2.75) is 13.0 Å². The van der Waals surface area contributed by atoms with E-state index in [4.69, 9.17) is 17.3 Å². The van der Waals surface area contributed by atoms with Gasteiger partial charge in [0.2, 0.25) is 0 Å². The Balaban J connectivity index is 2.65. The lowest BCUT2D eigenvalue weighted by molar-refractivity contribution is 0.0941. The van der Waals surface area contributed by atoms with Gasteiger partial charge in [0.1, 0.15) is 0 Å². The number of nitrogens with two attached hydrogens (primary N) is 1. The molecule has 4 heteroatoms. The van der Waals surface area contributed by atoms with Crippen LogP contribution in [0.25, 0.3) is 0 Å². The third-order valence-electron chi connectivity index (χ3n) is 1.84. The van der Waals surface area contributed by atoms with Crippen molar-refractivity contribution < 1.29 is 4.79 Å². The normalized spacial score (nSPS) is 12.2. The molecular weight excluding hydrogens is 200 g/mol. The summed E-state index contributed by atoms with van der Waals surface area (Å²) < 4.78 is 0. The smallest absolute Gasteiger partial charge is 0.251 e. The highest BCUT2D eigenvalue weighted by molar-refractivity contribution is 6.30. The molecule has 0 bridgehead atoms. The van der Waals surface area contributed by atoms with Crippen molar-refractivity contribution in [1.82, 2.24) is 5.32 Å². The van der Waals surface area contributed by atoms with Gasteiger partial charge in [-0.1, -0.05) is 11.6 Å². The van der Waals surface area contributed by atoms with Crippen molar-refractivity contribution in [2.24, 2.45) is 5.73 Å². The van der Waals surface area contributed by atoms with E-state index in [-0.39, 0.29) is 11.9 Å². The van der Waals surface area contributed by atoms with E-state index in [9.17, 15) is 4.79 Å². The largest absolute Gasteiger partial charge is 0.348 e. The minimum absolute atomic E-state index is 0.0156. The first-order valence-corrected chi connectivity index (χ1v) is 4.77. The number of carbonyl (C=O) groups excluding carboxylic acids is 1. The molecule has 0 saturated carbocycles. The molecule has 0 aromatic heterocycles. The molecule has 0 aliphatic carbocycles. The molecule has 3 nitrogen and oxygen atoms in total. The van der Waals surface area contributed by atoms with E-state index in [1.54, 1.807) is 24.3 Å². The molecule has 0 heterocycles. The van der Waals surface area contributed by atoms with Crippen LogP contribution >= 0.6 is 11.6 Å². The molecule has 1 rings (SSSR count). The molecule has 1 aromatic carbocycles. The number of carbonyl (C=O) groups is 1. The predicted molar refractivity (Wildman–Crippen MR) is 57.4 cm³/mol. The van der Waals surface area contributed by atoms with Crippen LogP contribution < -0.4 is 11.1 Å². The third-order valence-corrected chi connectivity index (χ3v) is 2.09. The van der Waals surface area contributed by atoms with Gasteiger partial charge >= 0.3 is 0 Å². The summed E-state index contributed by atoms with van der Waals surface area (Å²) in [5.74, 6) is -0.125. The van der Waals surface area contributed by atoms with Gasteiger partial charge in [-0.3, -0.25) is 4.79 Å². The lowest BCUT2D eigenvalue weighted by atomic mass is 10.2. The molecule has 0 spiro atoms. The van der Waals surface area contributed by atoms with E-state index in [0.29, 0.717) is 17.1 Å². The zero-order chi connectivity index (χ0) is 10.6. The first-order valence-electron chi connectivity index (χ1n) is 4.40. The fraction of sp³-hybridized carbons (Fsp3) is 0.300. The fourth-order valence-electron chi connectivity index (χ4n) is 0.967. The average molecular weight is 213 g/mol. The lowest BCUT2D eigenvalue weighted by Gasteiger charge is -2.10. The van der Waals surface area contributed by atoms with Crippen LogP contribution in [0, 0.1) is 0 Å². The Morgan fingerprint density at radius 3 is 2.57 bits per heavy atom. The second-order valence-electron chi connectivity index (χ2n) is 3.12. The zero-order valence-corrected chi connectivity index (χ0v) is 8.71. The van der Waals surface area contributed by atoms with Crippen molar-refractivity contribution >= 4 is 17.5 Å². The lowest BCUT2D eigenvalue weighted by Crippen LogP contribution is -2.37. The van der Waals surface area contributed by atoms with E-state index in [0.717, 1.165) is 0 Å². The first kappa shape index (κ1) is 11.0.